The van der Waals surface area contributed by atoms with E-state index in [0.717, 1.165) is 11.1 Å². The molecule has 0 bridgehead atoms. The predicted molar refractivity (Wildman–Crippen MR) is 256 cm³/mol. The summed E-state index contributed by atoms with van der Waals surface area (Å²) in [6.07, 6.45) is 1.12. The standard InChI is InChI=1S/C50H56N8O14/c1-2-66-18-15-52-44(61)28-40(57-45(62)33-7-10-37-36(25-33)47(64)72-50(37)38-11-8-34(59)26-41(38)71-42-27-35(60)9-12-39(42)50)46(63)53-16-19-67-21-23-69-24-22-68-20-17-54-48(65)56-29-31-3-5-32(6-4-31)30-70-49-55-14-13-43(51)58-49/h3-14,25-27,40,59-60H,2,15-24,28-30H2,1H3,(H,52,61)(H,53,63)(H,57,62)(H2,51,55,58)(H2,54,56,65). The van der Waals surface area contributed by atoms with Crippen LogP contribution >= 0.6 is 0 Å². The van der Waals surface area contributed by atoms with Crippen LogP contribution < -0.4 is 41.8 Å². The predicted octanol–water partition coefficient (Wildman–Crippen LogP) is 2.92. The van der Waals surface area contributed by atoms with Crippen molar-refractivity contribution in [3.05, 3.63) is 130 Å². The molecule has 2 aliphatic heterocycles. The van der Waals surface area contributed by atoms with E-state index in [1.165, 1.54) is 42.6 Å². The summed E-state index contributed by atoms with van der Waals surface area (Å²) in [4.78, 5) is 74.0. The van der Waals surface area contributed by atoms with Crippen LogP contribution in [0.2, 0.25) is 0 Å². The van der Waals surface area contributed by atoms with Gasteiger partial charge in [0.15, 0.2) is 5.60 Å². The average molecular weight is 993 g/mol. The highest BCUT2D eigenvalue weighted by molar-refractivity contribution is 6.03. The van der Waals surface area contributed by atoms with Gasteiger partial charge in [-0.25, -0.2) is 14.6 Å². The fraction of sp³-hybridized carbons (Fsp3) is 0.340. The van der Waals surface area contributed by atoms with E-state index in [2.05, 4.69) is 36.6 Å². The summed E-state index contributed by atoms with van der Waals surface area (Å²) in [5.74, 6) is -2.12. The maximum absolute atomic E-state index is 13.8. The Bertz CT molecular complexity index is 2650. The number of nitrogen functional groups attached to an aromatic ring is 1. The molecule has 2 aliphatic rings. The van der Waals surface area contributed by atoms with Crippen molar-refractivity contribution in [1.29, 1.82) is 0 Å². The van der Waals surface area contributed by atoms with Gasteiger partial charge in [-0.05, 0) is 60.5 Å². The summed E-state index contributed by atoms with van der Waals surface area (Å²) in [7, 11) is 0. The normalized spacial score (nSPS) is 13.1. The number of phenols is 2. The fourth-order valence-electron chi connectivity index (χ4n) is 7.68. The van der Waals surface area contributed by atoms with E-state index in [9.17, 15) is 34.2 Å². The molecule has 0 fully saturated rings. The number of nitrogens with one attached hydrogen (secondary N) is 5. The molecule has 1 unspecified atom stereocenters. The molecule has 72 heavy (non-hydrogen) atoms. The zero-order chi connectivity index (χ0) is 50.9. The summed E-state index contributed by atoms with van der Waals surface area (Å²) in [6.45, 7) is 5.09. The number of amides is 5. The van der Waals surface area contributed by atoms with Crippen LogP contribution in [0.15, 0.2) is 91.1 Å². The molecule has 3 heterocycles. The first kappa shape index (κ1) is 51.8. The van der Waals surface area contributed by atoms with Gasteiger partial charge in [0, 0.05) is 73.4 Å². The van der Waals surface area contributed by atoms with E-state index in [1.807, 2.05) is 31.2 Å². The molecule has 0 saturated carbocycles. The van der Waals surface area contributed by atoms with Gasteiger partial charge >= 0.3 is 18.0 Å². The second-order valence-electron chi connectivity index (χ2n) is 16.2. The van der Waals surface area contributed by atoms with Crippen molar-refractivity contribution in [2.75, 3.05) is 78.2 Å². The van der Waals surface area contributed by atoms with Crippen LogP contribution in [0.25, 0.3) is 0 Å². The lowest BCUT2D eigenvalue weighted by atomic mass is 9.77. The van der Waals surface area contributed by atoms with Crippen molar-refractivity contribution in [3.8, 4) is 29.0 Å². The third-order valence-corrected chi connectivity index (χ3v) is 11.1. The number of nitrogens with zero attached hydrogens (tertiary/aromatic N) is 2. The van der Waals surface area contributed by atoms with Crippen LogP contribution in [-0.4, -0.2) is 128 Å². The number of benzene rings is 4. The largest absolute Gasteiger partial charge is 0.508 e. The second kappa shape index (κ2) is 25.2. The maximum atomic E-state index is 13.8. The number of anilines is 1. The van der Waals surface area contributed by atoms with Crippen LogP contribution in [0.1, 0.15) is 61.9 Å². The molecule has 5 amide bonds. The number of fused-ring (bicyclic) bond motifs is 6. The number of rotatable bonds is 26. The van der Waals surface area contributed by atoms with Gasteiger partial charge in [0.05, 0.1) is 58.2 Å². The Morgan fingerprint density at radius 1 is 0.708 bits per heavy atom. The maximum Gasteiger partial charge on any atom is 0.340 e. The first-order valence-electron chi connectivity index (χ1n) is 23.1. The molecule has 22 nitrogen and oxygen atoms in total. The first-order chi connectivity index (χ1) is 34.9. The van der Waals surface area contributed by atoms with Gasteiger partial charge in [-0.3, -0.25) is 14.4 Å². The molecular formula is C50H56N8O14. The highest BCUT2D eigenvalue weighted by Crippen LogP contribution is 2.57. The van der Waals surface area contributed by atoms with Gasteiger partial charge in [0.2, 0.25) is 11.8 Å². The van der Waals surface area contributed by atoms with Crippen molar-refractivity contribution >= 4 is 35.5 Å². The van der Waals surface area contributed by atoms with Crippen molar-refractivity contribution in [1.82, 2.24) is 36.6 Å². The Hall–Kier alpha value is -8.05. The lowest BCUT2D eigenvalue weighted by Gasteiger charge is -2.36. The lowest BCUT2D eigenvalue weighted by molar-refractivity contribution is -0.128. The zero-order valence-electron chi connectivity index (χ0n) is 39.4. The summed E-state index contributed by atoms with van der Waals surface area (Å²) in [6, 6.07) is 20.8. The number of aromatic nitrogens is 2. The number of carbonyl (C=O) groups excluding carboxylic acids is 5. The Balaban J connectivity index is 0.805. The SMILES string of the molecule is CCOCCNC(=O)CC(NC(=O)c1ccc2c(c1)C(=O)OC21c2ccc(O)cc2Oc2cc(O)ccc21)C(=O)NCCOCCOCCOCCNC(=O)NCc1ccc(COc2nccc(N)n2)cc1. The number of phenolic OH excluding ortho intramolecular Hbond substituents is 2. The second-order valence-corrected chi connectivity index (χ2v) is 16.2. The molecule has 7 rings (SSSR count). The third kappa shape index (κ3) is 13.6. The van der Waals surface area contributed by atoms with Crippen molar-refractivity contribution in [2.45, 2.75) is 38.1 Å². The molecule has 0 aliphatic carbocycles. The molecule has 0 radical (unpaired) electrons. The number of aromatic hydroxyl groups is 2. The minimum atomic E-state index is -1.54. The molecule has 1 atom stereocenters. The first-order valence-corrected chi connectivity index (χ1v) is 23.1. The summed E-state index contributed by atoms with van der Waals surface area (Å²) >= 11 is 0. The van der Waals surface area contributed by atoms with Gasteiger partial charge in [-0.1, -0.05) is 30.3 Å². The zero-order valence-corrected chi connectivity index (χ0v) is 39.4. The number of hydrogen-bond acceptors (Lipinski definition) is 17. The third-order valence-electron chi connectivity index (χ3n) is 11.1. The van der Waals surface area contributed by atoms with E-state index < -0.39 is 41.8 Å². The molecule has 22 heteroatoms. The summed E-state index contributed by atoms with van der Waals surface area (Å²) < 4.78 is 39.6. The number of esters is 1. The van der Waals surface area contributed by atoms with Crippen LogP contribution in [-0.2, 0) is 52.0 Å². The minimum absolute atomic E-state index is 0.0138. The fourth-order valence-corrected chi connectivity index (χ4v) is 7.68. The summed E-state index contributed by atoms with van der Waals surface area (Å²) in [5.41, 5.74) is 7.19. The van der Waals surface area contributed by atoms with E-state index in [-0.39, 0.29) is 106 Å². The van der Waals surface area contributed by atoms with E-state index in [0.29, 0.717) is 48.8 Å². The van der Waals surface area contributed by atoms with Gasteiger partial charge < -0.3 is 75.7 Å². The van der Waals surface area contributed by atoms with E-state index in [4.69, 9.17) is 38.9 Å². The molecule has 5 aromatic rings. The van der Waals surface area contributed by atoms with E-state index >= 15 is 0 Å². The molecule has 1 aromatic heterocycles. The highest BCUT2D eigenvalue weighted by atomic mass is 16.6. The van der Waals surface area contributed by atoms with Crippen molar-refractivity contribution in [2.24, 2.45) is 0 Å². The number of urea groups is 1. The molecule has 9 N–H and O–H groups in total. The number of nitrogens with two attached hydrogens (primary N) is 1. The average Bonchev–Trinajstić information content (AvgIpc) is 3.66. The number of hydrogen-bond donors (Lipinski definition) is 8. The lowest BCUT2D eigenvalue weighted by Crippen LogP contribution is -2.49. The summed E-state index contributed by atoms with van der Waals surface area (Å²) in [5, 5.41) is 34.0. The van der Waals surface area contributed by atoms with Gasteiger partial charge in [-0.15, -0.1) is 0 Å². The molecule has 0 saturated heterocycles. The minimum Gasteiger partial charge on any atom is -0.508 e. The van der Waals surface area contributed by atoms with Crippen molar-refractivity contribution in [3.63, 3.8) is 0 Å². The molecule has 4 aromatic carbocycles. The Morgan fingerprint density at radius 2 is 1.32 bits per heavy atom. The molecule has 380 valence electrons. The van der Waals surface area contributed by atoms with Crippen LogP contribution in [0.4, 0.5) is 10.6 Å². The smallest absolute Gasteiger partial charge is 0.340 e. The van der Waals surface area contributed by atoms with Gasteiger partial charge in [-0.2, -0.15) is 4.98 Å². The highest BCUT2D eigenvalue weighted by Gasteiger charge is 2.54. The van der Waals surface area contributed by atoms with Crippen LogP contribution in [0, 0.1) is 0 Å². The van der Waals surface area contributed by atoms with Gasteiger partial charge in [0.25, 0.3) is 5.91 Å². The molecular weight excluding hydrogens is 937 g/mol. The Kier molecular flexibility index (Phi) is 18.1. The Morgan fingerprint density at radius 3 is 1.99 bits per heavy atom. The molecule has 1 spiro atoms. The number of ether oxygens (including phenoxy) is 7. The number of carbonyl (C=O) groups is 5. The van der Waals surface area contributed by atoms with Crippen molar-refractivity contribution < 1.29 is 67.3 Å². The topological polar surface area (TPSA) is 302 Å². The Labute approximate surface area is 413 Å². The monoisotopic (exact) mass is 992 g/mol. The van der Waals surface area contributed by atoms with E-state index in [1.54, 1.807) is 24.3 Å². The van der Waals surface area contributed by atoms with Crippen LogP contribution in [0.5, 0.6) is 29.0 Å². The van der Waals surface area contributed by atoms with Crippen LogP contribution in [0.3, 0.4) is 0 Å². The van der Waals surface area contributed by atoms with Gasteiger partial charge in [0.1, 0.15) is 41.5 Å². The quantitative estimate of drug-likeness (QED) is 0.0292.